The molecule has 0 fully saturated rings. The summed E-state index contributed by atoms with van der Waals surface area (Å²) in [6.45, 7) is 2.04. The molecule has 0 heterocycles. The molecule has 1 aliphatic rings. The Morgan fingerprint density at radius 3 is 2.45 bits per heavy atom. The Hall–Kier alpha value is -0.600. The highest BCUT2D eigenvalue weighted by Crippen LogP contribution is 2.30. The van der Waals surface area contributed by atoms with Crippen LogP contribution >= 0.6 is 0 Å². The van der Waals surface area contributed by atoms with Crippen molar-refractivity contribution in [2.75, 3.05) is 13.2 Å². The third-order valence-corrected chi connectivity index (χ3v) is 2.09. The van der Waals surface area contributed by atoms with Crippen LogP contribution in [0.1, 0.15) is 13.3 Å². The van der Waals surface area contributed by atoms with Crippen molar-refractivity contribution in [1.82, 2.24) is 0 Å². The van der Waals surface area contributed by atoms with E-state index >= 15 is 0 Å². The van der Waals surface area contributed by atoms with Gasteiger partial charge in [-0.05, 0) is 13.3 Å². The number of rotatable bonds is 2. The van der Waals surface area contributed by atoms with E-state index in [0.29, 0.717) is 0 Å². The summed E-state index contributed by atoms with van der Waals surface area (Å²) in [5.41, 5.74) is 0.800. The van der Waals surface area contributed by atoms with Gasteiger partial charge in [-0.25, -0.2) is 0 Å². The van der Waals surface area contributed by atoms with E-state index in [1.165, 1.54) is 5.57 Å². The SMILES string of the molecule is CC1=CC=CC(CO)(CO)C1. The molecule has 0 amide bonds. The largest absolute Gasteiger partial charge is 0.395 e. The maximum Gasteiger partial charge on any atom is 0.0547 e. The van der Waals surface area contributed by atoms with Gasteiger partial charge >= 0.3 is 0 Å². The summed E-state index contributed by atoms with van der Waals surface area (Å²) in [6.07, 6.45) is 6.53. The van der Waals surface area contributed by atoms with Crippen molar-refractivity contribution in [3.63, 3.8) is 0 Å². The molecule has 2 heteroatoms. The minimum Gasteiger partial charge on any atom is -0.395 e. The standard InChI is InChI=1S/C9H14O2/c1-8-3-2-4-9(5-8,6-10)7-11/h2-4,10-11H,5-7H2,1H3. The van der Waals surface area contributed by atoms with Gasteiger partial charge in [0.25, 0.3) is 0 Å². The molecule has 62 valence electrons. The summed E-state index contributed by atoms with van der Waals surface area (Å²) in [4.78, 5) is 0. The van der Waals surface area contributed by atoms with Crippen LogP contribution in [0.2, 0.25) is 0 Å². The molecular weight excluding hydrogens is 140 g/mol. The Kier molecular flexibility index (Phi) is 2.47. The van der Waals surface area contributed by atoms with Crippen LogP contribution in [0.4, 0.5) is 0 Å². The molecule has 0 atom stereocenters. The van der Waals surface area contributed by atoms with Gasteiger partial charge in [-0.3, -0.25) is 0 Å². The zero-order valence-electron chi connectivity index (χ0n) is 6.75. The van der Waals surface area contributed by atoms with Crippen LogP contribution < -0.4 is 0 Å². The first-order valence-corrected chi connectivity index (χ1v) is 3.79. The van der Waals surface area contributed by atoms with Crippen molar-refractivity contribution in [3.8, 4) is 0 Å². The molecule has 0 aromatic rings. The van der Waals surface area contributed by atoms with Crippen molar-refractivity contribution in [2.24, 2.45) is 5.41 Å². The molecule has 0 aromatic carbocycles. The molecular formula is C9H14O2. The van der Waals surface area contributed by atoms with E-state index in [4.69, 9.17) is 10.2 Å². The van der Waals surface area contributed by atoms with Crippen molar-refractivity contribution in [2.45, 2.75) is 13.3 Å². The highest BCUT2D eigenvalue weighted by molar-refractivity contribution is 5.22. The summed E-state index contributed by atoms with van der Waals surface area (Å²) in [5.74, 6) is 0. The minimum atomic E-state index is -0.404. The third-order valence-electron chi connectivity index (χ3n) is 2.09. The van der Waals surface area contributed by atoms with Gasteiger partial charge in [-0.15, -0.1) is 0 Å². The Bertz CT molecular complexity index is 188. The van der Waals surface area contributed by atoms with Crippen molar-refractivity contribution in [3.05, 3.63) is 23.8 Å². The van der Waals surface area contributed by atoms with E-state index < -0.39 is 5.41 Å². The monoisotopic (exact) mass is 154 g/mol. The molecule has 0 bridgehead atoms. The molecule has 1 rings (SSSR count). The fourth-order valence-corrected chi connectivity index (χ4v) is 1.36. The van der Waals surface area contributed by atoms with Crippen LogP contribution in [-0.2, 0) is 0 Å². The smallest absolute Gasteiger partial charge is 0.0547 e. The fourth-order valence-electron chi connectivity index (χ4n) is 1.36. The van der Waals surface area contributed by atoms with Gasteiger partial charge in [0.2, 0.25) is 0 Å². The second-order valence-corrected chi connectivity index (χ2v) is 3.23. The molecule has 11 heavy (non-hydrogen) atoms. The molecule has 2 nitrogen and oxygen atoms in total. The normalized spacial score (nSPS) is 21.5. The van der Waals surface area contributed by atoms with Gasteiger partial charge in [0.15, 0.2) is 0 Å². The second-order valence-electron chi connectivity index (χ2n) is 3.23. The first kappa shape index (κ1) is 8.50. The number of aliphatic hydroxyl groups excluding tert-OH is 2. The Morgan fingerprint density at radius 1 is 1.45 bits per heavy atom. The van der Waals surface area contributed by atoms with Crippen molar-refractivity contribution < 1.29 is 10.2 Å². The second kappa shape index (κ2) is 3.20. The van der Waals surface area contributed by atoms with Gasteiger partial charge in [0, 0.05) is 5.41 Å². The van der Waals surface area contributed by atoms with E-state index in [1.54, 1.807) is 0 Å². The number of hydrogen-bond acceptors (Lipinski definition) is 2. The average Bonchev–Trinajstić information content (AvgIpc) is 2.04. The fraction of sp³-hybridized carbons (Fsp3) is 0.556. The zero-order chi connectivity index (χ0) is 8.32. The van der Waals surface area contributed by atoms with Gasteiger partial charge in [-0.2, -0.15) is 0 Å². The van der Waals surface area contributed by atoms with Crippen LogP contribution in [-0.4, -0.2) is 23.4 Å². The molecule has 0 radical (unpaired) electrons. The lowest BCUT2D eigenvalue weighted by atomic mass is 9.80. The maximum absolute atomic E-state index is 9.02. The summed E-state index contributed by atoms with van der Waals surface area (Å²) < 4.78 is 0. The summed E-state index contributed by atoms with van der Waals surface area (Å²) >= 11 is 0. The molecule has 0 aliphatic heterocycles. The van der Waals surface area contributed by atoms with Gasteiger partial charge < -0.3 is 10.2 Å². The number of allylic oxidation sites excluding steroid dienone is 3. The molecule has 0 unspecified atom stereocenters. The molecule has 1 aliphatic carbocycles. The van der Waals surface area contributed by atoms with Gasteiger partial charge in [0.05, 0.1) is 13.2 Å². The van der Waals surface area contributed by atoms with Crippen molar-refractivity contribution in [1.29, 1.82) is 0 Å². The molecule has 0 spiro atoms. The van der Waals surface area contributed by atoms with Crippen molar-refractivity contribution >= 4 is 0 Å². The number of aliphatic hydroxyl groups is 2. The molecule has 2 N–H and O–H groups in total. The van der Waals surface area contributed by atoms with E-state index in [0.717, 1.165) is 6.42 Å². The predicted octanol–water partition coefficient (Wildman–Crippen LogP) is 0.864. The Labute approximate surface area is 66.9 Å². The number of hydrogen-bond donors (Lipinski definition) is 2. The van der Waals surface area contributed by atoms with Crippen LogP contribution in [0.15, 0.2) is 23.8 Å². The van der Waals surface area contributed by atoms with E-state index in [1.807, 2.05) is 25.2 Å². The topological polar surface area (TPSA) is 40.5 Å². The minimum absolute atomic E-state index is 0.0190. The lowest BCUT2D eigenvalue weighted by Crippen LogP contribution is -2.28. The lowest BCUT2D eigenvalue weighted by Gasteiger charge is -2.28. The molecule has 0 saturated carbocycles. The third kappa shape index (κ3) is 1.70. The van der Waals surface area contributed by atoms with E-state index in [9.17, 15) is 0 Å². The summed E-state index contributed by atoms with van der Waals surface area (Å²) in [5, 5.41) is 18.0. The van der Waals surface area contributed by atoms with Crippen LogP contribution in [0.3, 0.4) is 0 Å². The molecule has 0 aromatic heterocycles. The van der Waals surface area contributed by atoms with Crippen LogP contribution in [0, 0.1) is 5.41 Å². The Balaban J connectivity index is 2.75. The van der Waals surface area contributed by atoms with Gasteiger partial charge in [-0.1, -0.05) is 23.8 Å². The molecule has 0 saturated heterocycles. The van der Waals surface area contributed by atoms with Gasteiger partial charge in [0.1, 0.15) is 0 Å². The van der Waals surface area contributed by atoms with Crippen LogP contribution in [0.25, 0.3) is 0 Å². The quantitative estimate of drug-likeness (QED) is 0.619. The lowest BCUT2D eigenvalue weighted by molar-refractivity contribution is 0.0926. The highest BCUT2D eigenvalue weighted by Gasteiger charge is 2.26. The summed E-state index contributed by atoms with van der Waals surface area (Å²) in [6, 6.07) is 0. The summed E-state index contributed by atoms with van der Waals surface area (Å²) in [7, 11) is 0. The maximum atomic E-state index is 9.02. The van der Waals surface area contributed by atoms with E-state index in [-0.39, 0.29) is 13.2 Å². The average molecular weight is 154 g/mol. The van der Waals surface area contributed by atoms with Crippen LogP contribution in [0.5, 0.6) is 0 Å². The predicted molar refractivity (Wildman–Crippen MR) is 44.1 cm³/mol. The first-order valence-electron chi connectivity index (χ1n) is 3.79. The van der Waals surface area contributed by atoms with E-state index in [2.05, 4.69) is 0 Å². The zero-order valence-corrected chi connectivity index (χ0v) is 6.75. The Morgan fingerprint density at radius 2 is 2.09 bits per heavy atom. The first-order chi connectivity index (χ1) is 5.22. The highest BCUT2D eigenvalue weighted by atomic mass is 16.3.